The summed E-state index contributed by atoms with van der Waals surface area (Å²) in [5.41, 5.74) is 0. The average Bonchev–Trinajstić information content (AvgIpc) is 2.76. The molecule has 0 aliphatic carbocycles. The molecule has 19 heavy (non-hydrogen) atoms. The van der Waals surface area contributed by atoms with Crippen LogP contribution in [0.2, 0.25) is 0 Å². The molecule has 2 heterocycles. The van der Waals surface area contributed by atoms with Gasteiger partial charge in [-0.25, -0.2) is 4.98 Å². The van der Waals surface area contributed by atoms with Crippen LogP contribution >= 0.6 is 24.8 Å². The van der Waals surface area contributed by atoms with Gasteiger partial charge in [-0.2, -0.15) is 5.10 Å². The number of hydrogen-bond donors (Lipinski definition) is 1. The first-order chi connectivity index (χ1) is 8.31. The highest BCUT2D eigenvalue weighted by Crippen LogP contribution is 2.14. The van der Waals surface area contributed by atoms with Crippen molar-refractivity contribution in [1.29, 1.82) is 0 Å². The van der Waals surface area contributed by atoms with Gasteiger partial charge in [-0.3, -0.25) is 9.58 Å². The fraction of sp³-hybridized carbons (Fsp3) is 0.833. The molecule has 1 N–H and O–H groups in total. The van der Waals surface area contributed by atoms with Crippen LogP contribution in [0.15, 0.2) is 6.33 Å². The number of nitrogens with zero attached hydrogens (tertiary/aromatic N) is 4. The third kappa shape index (κ3) is 5.26. The Labute approximate surface area is 128 Å². The van der Waals surface area contributed by atoms with Crippen LogP contribution in [-0.2, 0) is 13.6 Å². The highest BCUT2D eigenvalue weighted by molar-refractivity contribution is 5.85. The van der Waals surface area contributed by atoms with Crippen molar-refractivity contribution >= 4 is 24.8 Å². The molecule has 5 nitrogen and oxygen atoms in total. The first kappa shape index (κ1) is 18.6. The summed E-state index contributed by atoms with van der Waals surface area (Å²) >= 11 is 0. The number of rotatable bonds is 5. The molecule has 112 valence electrons. The van der Waals surface area contributed by atoms with Crippen molar-refractivity contribution in [2.75, 3.05) is 19.6 Å². The molecule has 7 heteroatoms. The number of aryl methyl sites for hydroxylation is 1. The summed E-state index contributed by atoms with van der Waals surface area (Å²) in [6, 6.07) is 0.702. The predicted octanol–water partition coefficient (Wildman–Crippen LogP) is 1.62. The van der Waals surface area contributed by atoms with Crippen LogP contribution in [0.3, 0.4) is 0 Å². The van der Waals surface area contributed by atoms with E-state index in [4.69, 9.17) is 0 Å². The van der Waals surface area contributed by atoms with E-state index in [0.29, 0.717) is 6.04 Å². The van der Waals surface area contributed by atoms with Crippen LogP contribution < -0.4 is 5.32 Å². The molecule has 1 aromatic heterocycles. The molecule has 1 saturated heterocycles. The highest BCUT2D eigenvalue weighted by atomic mass is 35.5. The van der Waals surface area contributed by atoms with Crippen molar-refractivity contribution in [3.8, 4) is 0 Å². The summed E-state index contributed by atoms with van der Waals surface area (Å²) in [6.45, 7) is 6.60. The van der Waals surface area contributed by atoms with Gasteiger partial charge in [0.2, 0.25) is 0 Å². The maximum atomic E-state index is 4.33. The van der Waals surface area contributed by atoms with E-state index in [1.807, 2.05) is 11.7 Å². The summed E-state index contributed by atoms with van der Waals surface area (Å²) in [7, 11) is 1.97. The van der Waals surface area contributed by atoms with E-state index < -0.39 is 0 Å². The highest BCUT2D eigenvalue weighted by Gasteiger charge is 2.21. The number of piperidine rings is 1. The molecular weight excluding hydrogens is 285 g/mol. The van der Waals surface area contributed by atoms with Gasteiger partial charge in [0.25, 0.3) is 0 Å². The Kier molecular flexibility index (Phi) is 9.35. The van der Waals surface area contributed by atoms with Gasteiger partial charge in [0.1, 0.15) is 12.2 Å². The molecule has 1 aliphatic heterocycles. The molecule has 2 rings (SSSR count). The van der Waals surface area contributed by atoms with E-state index in [2.05, 4.69) is 27.2 Å². The summed E-state index contributed by atoms with van der Waals surface area (Å²) in [4.78, 5) is 6.89. The fourth-order valence-electron chi connectivity index (χ4n) is 2.49. The second kappa shape index (κ2) is 9.53. The minimum absolute atomic E-state index is 0. The van der Waals surface area contributed by atoms with E-state index >= 15 is 0 Å². The van der Waals surface area contributed by atoms with E-state index in [-0.39, 0.29) is 24.8 Å². The van der Waals surface area contributed by atoms with Crippen molar-refractivity contribution in [3.63, 3.8) is 0 Å². The Hall–Kier alpha value is -0.360. The van der Waals surface area contributed by atoms with Crippen LogP contribution in [0.25, 0.3) is 0 Å². The van der Waals surface area contributed by atoms with Gasteiger partial charge in [-0.05, 0) is 38.9 Å². The smallest absolute Gasteiger partial charge is 0.140 e. The molecule has 0 unspecified atom stereocenters. The molecule has 0 spiro atoms. The number of aromatic nitrogens is 3. The maximum Gasteiger partial charge on any atom is 0.140 e. The molecule has 1 aromatic rings. The molecule has 0 amide bonds. The van der Waals surface area contributed by atoms with Crippen molar-refractivity contribution in [2.24, 2.45) is 7.05 Å². The number of nitrogens with one attached hydrogen (secondary N) is 1. The number of halogens is 2. The van der Waals surface area contributed by atoms with Gasteiger partial charge >= 0.3 is 0 Å². The predicted molar refractivity (Wildman–Crippen MR) is 82.1 cm³/mol. The van der Waals surface area contributed by atoms with E-state index in [1.54, 1.807) is 6.33 Å². The van der Waals surface area contributed by atoms with E-state index in [0.717, 1.165) is 32.0 Å². The van der Waals surface area contributed by atoms with Crippen LogP contribution in [0, 0.1) is 0 Å². The monoisotopic (exact) mass is 309 g/mol. The molecule has 1 fully saturated rings. The molecule has 0 aromatic carbocycles. The third-order valence-corrected chi connectivity index (χ3v) is 3.49. The molecule has 1 aliphatic rings. The molecule has 0 atom stereocenters. The molecular formula is C12H25Cl2N5. The minimum Gasteiger partial charge on any atom is -0.317 e. The van der Waals surface area contributed by atoms with Crippen molar-refractivity contribution in [3.05, 3.63) is 12.2 Å². The average molecular weight is 310 g/mol. The number of hydrogen-bond acceptors (Lipinski definition) is 4. The normalized spacial score (nSPS) is 15.9. The molecule has 0 radical (unpaired) electrons. The summed E-state index contributed by atoms with van der Waals surface area (Å²) in [5.74, 6) is 1.07. The summed E-state index contributed by atoms with van der Waals surface area (Å²) in [6.07, 6.45) is 5.33. The standard InChI is InChI=1S/C12H23N5.2ClH/c1-3-8-17(11-4-6-13-7-5-11)9-12-14-10-15-16(12)2;;/h10-11,13H,3-9H2,1-2H3;2*1H. The van der Waals surface area contributed by atoms with Gasteiger partial charge in [0.05, 0.1) is 6.54 Å². The summed E-state index contributed by atoms with van der Waals surface area (Å²) < 4.78 is 1.88. The third-order valence-electron chi connectivity index (χ3n) is 3.49. The van der Waals surface area contributed by atoms with Crippen molar-refractivity contribution in [2.45, 2.75) is 38.8 Å². The van der Waals surface area contributed by atoms with E-state index in [9.17, 15) is 0 Å². The van der Waals surface area contributed by atoms with Crippen molar-refractivity contribution < 1.29 is 0 Å². The van der Waals surface area contributed by atoms with Gasteiger partial charge in [0.15, 0.2) is 0 Å². The first-order valence-corrected chi connectivity index (χ1v) is 6.59. The lowest BCUT2D eigenvalue weighted by atomic mass is 10.0. The van der Waals surface area contributed by atoms with Crippen LogP contribution in [-0.4, -0.2) is 45.3 Å². The Morgan fingerprint density at radius 3 is 2.58 bits per heavy atom. The van der Waals surface area contributed by atoms with E-state index in [1.165, 1.54) is 19.3 Å². The Balaban J connectivity index is 0.00000162. The van der Waals surface area contributed by atoms with Crippen molar-refractivity contribution in [1.82, 2.24) is 25.0 Å². The largest absolute Gasteiger partial charge is 0.317 e. The first-order valence-electron chi connectivity index (χ1n) is 6.59. The molecule has 0 saturated carbocycles. The second-order valence-electron chi connectivity index (χ2n) is 4.75. The van der Waals surface area contributed by atoms with Gasteiger partial charge < -0.3 is 5.32 Å². The lowest BCUT2D eigenvalue weighted by Crippen LogP contribution is -2.43. The van der Waals surface area contributed by atoms with Gasteiger partial charge in [-0.15, -0.1) is 24.8 Å². The van der Waals surface area contributed by atoms with Gasteiger partial charge in [0, 0.05) is 13.1 Å². The topological polar surface area (TPSA) is 46.0 Å². The summed E-state index contributed by atoms with van der Waals surface area (Å²) in [5, 5.41) is 7.56. The van der Waals surface area contributed by atoms with Crippen LogP contribution in [0.1, 0.15) is 32.0 Å². The minimum atomic E-state index is 0. The Morgan fingerprint density at radius 2 is 2.05 bits per heavy atom. The zero-order valence-electron chi connectivity index (χ0n) is 11.7. The Bertz CT molecular complexity index is 339. The zero-order valence-corrected chi connectivity index (χ0v) is 13.3. The van der Waals surface area contributed by atoms with Gasteiger partial charge in [-0.1, -0.05) is 6.92 Å². The van der Waals surface area contributed by atoms with Crippen LogP contribution in [0.4, 0.5) is 0 Å². The zero-order chi connectivity index (χ0) is 12.1. The molecule has 0 bridgehead atoms. The fourth-order valence-corrected chi connectivity index (χ4v) is 2.49. The SMILES string of the molecule is CCCN(Cc1ncnn1C)C1CCNCC1.Cl.Cl. The second-order valence-corrected chi connectivity index (χ2v) is 4.75. The van der Waals surface area contributed by atoms with Crippen LogP contribution in [0.5, 0.6) is 0 Å². The Morgan fingerprint density at radius 1 is 1.37 bits per heavy atom. The lowest BCUT2D eigenvalue weighted by molar-refractivity contribution is 0.149. The quantitative estimate of drug-likeness (QED) is 0.898. The maximum absolute atomic E-state index is 4.33. The lowest BCUT2D eigenvalue weighted by Gasteiger charge is -2.34.